The second-order valence-corrected chi connectivity index (χ2v) is 6.23. The van der Waals surface area contributed by atoms with Gasteiger partial charge in [-0.3, -0.25) is 9.59 Å². The van der Waals surface area contributed by atoms with Gasteiger partial charge in [-0.05, 0) is 42.8 Å². The lowest BCUT2D eigenvalue weighted by Gasteiger charge is -2.24. The molecule has 0 aliphatic rings. The first kappa shape index (κ1) is 20.0. The summed E-state index contributed by atoms with van der Waals surface area (Å²) in [6.07, 6.45) is 0.0907. The molecule has 0 aliphatic carbocycles. The lowest BCUT2D eigenvalue weighted by atomic mass is 10.0. The van der Waals surface area contributed by atoms with E-state index in [1.165, 1.54) is 24.1 Å². The predicted molar refractivity (Wildman–Crippen MR) is 101 cm³/mol. The number of amides is 2. The highest BCUT2D eigenvalue weighted by Crippen LogP contribution is 2.31. The number of benzene rings is 2. The molecule has 1 atom stereocenters. The summed E-state index contributed by atoms with van der Waals surface area (Å²) >= 11 is 0. The number of primary amides is 1. The molecule has 0 aromatic heterocycles. The Morgan fingerprint density at radius 3 is 2.22 bits per heavy atom. The van der Waals surface area contributed by atoms with Crippen LogP contribution in [0.2, 0.25) is 0 Å². The van der Waals surface area contributed by atoms with Gasteiger partial charge < -0.3 is 20.5 Å². The van der Waals surface area contributed by atoms with Gasteiger partial charge in [0.25, 0.3) is 5.91 Å². The number of nitrogens with zero attached hydrogens (tertiary/aromatic N) is 1. The molecule has 0 heterocycles. The van der Waals surface area contributed by atoms with Crippen molar-refractivity contribution in [1.29, 1.82) is 0 Å². The first-order valence-corrected chi connectivity index (χ1v) is 8.31. The molecule has 7 heteroatoms. The quantitative estimate of drug-likeness (QED) is 0.778. The molecule has 0 unspecified atom stereocenters. The number of carboxylic acid groups (broad SMARTS) is 1. The molecule has 0 saturated heterocycles. The Hall–Kier alpha value is -3.35. The van der Waals surface area contributed by atoms with Crippen LogP contribution >= 0.6 is 0 Å². The van der Waals surface area contributed by atoms with E-state index in [0.29, 0.717) is 11.3 Å². The molecular weight excluding hydrogens is 348 g/mol. The largest absolute Gasteiger partial charge is 0.496 e. The topological polar surface area (TPSA) is 110 Å². The van der Waals surface area contributed by atoms with Gasteiger partial charge in [0.15, 0.2) is 0 Å². The molecule has 2 aromatic carbocycles. The van der Waals surface area contributed by atoms with E-state index < -0.39 is 11.9 Å². The molecule has 142 valence electrons. The highest BCUT2D eigenvalue weighted by atomic mass is 16.5. The van der Waals surface area contributed by atoms with Crippen LogP contribution in [0.3, 0.4) is 0 Å². The first-order chi connectivity index (χ1) is 12.7. The van der Waals surface area contributed by atoms with E-state index in [4.69, 9.17) is 15.6 Å². The zero-order valence-electron chi connectivity index (χ0n) is 15.4. The number of nitrogens with two attached hydrogens (primary N) is 1. The summed E-state index contributed by atoms with van der Waals surface area (Å²) in [5.41, 5.74) is 7.29. The predicted octanol–water partition coefficient (Wildman–Crippen LogP) is 2.40. The summed E-state index contributed by atoms with van der Waals surface area (Å²) in [5.74, 6) is -1.28. The van der Waals surface area contributed by atoms with Crippen LogP contribution in [-0.2, 0) is 4.79 Å². The fraction of sp³-hybridized carbons (Fsp3) is 0.250. The van der Waals surface area contributed by atoms with Crippen LogP contribution in [0.5, 0.6) is 5.75 Å². The fourth-order valence-corrected chi connectivity index (χ4v) is 2.69. The number of methoxy groups -OCH3 is 1. The second kappa shape index (κ2) is 8.35. The average molecular weight is 370 g/mol. The normalized spacial score (nSPS) is 11.5. The van der Waals surface area contributed by atoms with Gasteiger partial charge in [0.05, 0.1) is 12.7 Å². The van der Waals surface area contributed by atoms with E-state index in [0.717, 1.165) is 11.1 Å². The standard InChI is InChI=1S/C20H22N2O5/c1-12(10-18(21)23)22(2)19(24)14-6-4-13(5-7-14)16-9-8-15(20(25)26)11-17(16)27-3/h4-9,11-12H,10H2,1-3H3,(H2,21,23)(H,25,26)/t12-/m1/s1. The van der Waals surface area contributed by atoms with Crippen LogP contribution in [0.25, 0.3) is 11.1 Å². The number of ether oxygens (including phenoxy) is 1. The lowest BCUT2D eigenvalue weighted by molar-refractivity contribution is -0.118. The van der Waals surface area contributed by atoms with Crippen molar-refractivity contribution in [3.8, 4) is 16.9 Å². The van der Waals surface area contributed by atoms with E-state index in [1.807, 2.05) is 0 Å². The molecule has 0 bridgehead atoms. The summed E-state index contributed by atoms with van der Waals surface area (Å²) in [7, 11) is 3.09. The van der Waals surface area contributed by atoms with Gasteiger partial charge in [-0.1, -0.05) is 12.1 Å². The van der Waals surface area contributed by atoms with Crippen LogP contribution in [0.1, 0.15) is 34.1 Å². The maximum absolute atomic E-state index is 12.5. The van der Waals surface area contributed by atoms with Crippen molar-refractivity contribution < 1.29 is 24.2 Å². The first-order valence-electron chi connectivity index (χ1n) is 8.31. The van der Waals surface area contributed by atoms with Crippen molar-refractivity contribution >= 4 is 17.8 Å². The maximum atomic E-state index is 12.5. The molecule has 0 fully saturated rings. The fourth-order valence-electron chi connectivity index (χ4n) is 2.69. The minimum Gasteiger partial charge on any atom is -0.496 e. The zero-order chi connectivity index (χ0) is 20.1. The van der Waals surface area contributed by atoms with E-state index in [-0.39, 0.29) is 23.9 Å². The number of hydrogen-bond donors (Lipinski definition) is 2. The average Bonchev–Trinajstić information content (AvgIpc) is 2.65. The van der Waals surface area contributed by atoms with Crippen molar-refractivity contribution in [2.24, 2.45) is 5.73 Å². The third-order valence-corrected chi connectivity index (χ3v) is 4.37. The van der Waals surface area contributed by atoms with Gasteiger partial charge in [-0.15, -0.1) is 0 Å². The number of aromatic carboxylic acids is 1. The Bertz CT molecular complexity index is 861. The smallest absolute Gasteiger partial charge is 0.335 e. The molecule has 7 nitrogen and oxygen atoms in total. The van der Waals surface area contributed by atoms with Crippen molar-refractivity contribution in [3.63, 3.8) is 0 Å². The monoisotopic (exact) mass is 370 g/mol. The van der Waals surface area contributed by atoms with Crippen LogP contribution in [0.15, 0.2) is 42.5 Å². The van der Waals surface area contributed by atoms with Gasteiger partial charge in [0, 0.05) is 30.6 Å². The summed E-state index contributed by atoms with van der Waals surface area (Å²) in [5, 5.41) is 9.09. The Morgan fingerprint density at radius 1 is 1.11 bits per heavy atom. The van der Waals surface area contributed by atoms with Crippen LogP contribution < -0.4 is 10.5 Å². The van der Waals surface area contributed by atoms with Gasteiger partial charge in [0.2, 0.25) is 5.91 Å². The third kappa shape index (κ3) is 4.63. The number of carbonyl (C=O) groups is 3. The number of hydrogen-bond acceptors (Lipinski definition) is 4. The third-order valence-electron chi connectivity index (χ3n) is 4.37. The summed E-state index contributed by atoms with van der Waals surface area (Å²) in [6.45, 7) is 1.76. The van der Waals surface area contributed by atoms with Gasteiger partial charge >= 0.3 is 5.97 Å². The van der Waals surface area contributed by atoms with E-state index in [2.05, 4.69) is 0 Å². The Morgan fingerprint density at radius 2 is 1.70 bits per heavy atom. The molecule has 2 amide bonds. The molecule has 0 spiro atoms. The summed E-state index contributed by atoms with van der Waals surface area (Å²) in [6, 6.07) is 11.2. The lowest BCUT2D eigenvalue weighted by Crippen LogP contribution is -2.37. The summed E-state index contributed by atoms with van der Waals surface area (Å²) < 4.78 is 5.29. The van der Waals surface area contributed by atoms with Crippen molar-refractivity contribution in [2.45, 2.75) is 19.4 Å². The number of carboxylic acids is 1. The van der Waals surface area contributed by atoms with Gasteiger partial charge in [0.1, 0.15) is 5.75 Å². The molecule has 0 saturated carbocycles. The Balaban J connectivity index is 2.26. The molecule has 0 radical (unpaired) electrons. The van der Waals surface area contributed by atoms with Crippen LogP contribution in [-0.4, -0.2) is 48.0 Å². The SMILES string of the molecule is COc1cc(C(=O)O)ccc1-c1ccc(C(=O)N(C)[C@H](C)CC(N)=O)cc1. The van der Waals surface area contributed by atoms with Gasteiger partial charge in [-0.25, -0.2) is 4.79 Å². The maximum Gasteiger partial charge on any atom is 0.335 e. The van der Waals surface area contributed by atoms with E-state index in [9.17, 15) is 14.4 Å². The zero-order valence-corrected chi connectivity index (χ0v) is 15.4. The van der Waals surface area contributed by atoms with Crippen molar-refractivity contribution in [3.05, 3.63) is 53.6 Å². The van der Waals surface area contributed by atoms with Crippen LogP contribution in [0.4, 0.5) is 0 Å². The van der Waals surface area contributed by atoms with Gasteiger partial charge in [-0.2, -0.15) is 0 Å². The highest BCUT2D eigenvalue weighted by molar-refractivity contribution is 5.95. The molecule has 3 N–H and O–H groups in total. The summed E-state index contributed by atoms with van der Waals surface area (Å²) in [4.78, 5) is 36.1. The number of carbonyl (C=O) groups excluding carboxylic acids is 2. The van der Waals surface area contributed by atoms with Crippen LogP contribution in [0, 0.1) is 0 Å². The van der Waals surface area contributed by atoms with Crippen molar-refractivity contribution in [2.75, 3.05) is 14.2 Å². The second-order valence-electron chi connectivity index (χ2n) is 6.23. The minimum absolute atomic E-state index is 0.0907. The Kier molecular flexibility index (Phi) is 6.18. The molecule has 0 aliphatic heterocycles. The number of rotatable bonds is 7. The van der Waals surface area contributed by atoms with E-state index >= 15 is 0 Å². The molecular formula is C20H22N2O5. The molecule has 2 aromatic rings. The highest BCUT2D eigenvalue weighted by Gasteiger charge is 2.19. The molecule has 27 heavy (non-hydrogen) atoms. The Labute approximate surface area is 157 Å². The van der Waals surface area contributed by atoms with Crippen molar-refractivity contribution in [1.82, 2.24) is 4.90 Å². The van der Waals surface area contributed by atoms with E-state index in [1.54, 1.807) is 44.3 Å². The minimum atomic E-state index is -1.03. The molecule has 2 rings (SSSR count).